The molecule has 7 nitrogen and oxygen atoms in total. The van der Waals surface area contributed by atoms with Gasteiger partial charge in [-0.2, -0.15) is 5.10 Å². The van der Waals surface area contributed by atoms with E-state index < -0.39 is 0 Å². The number of ketones is 1. The molecule has 3 heterocycles. The van der Waals surface area contributed by atoms with Crippen LogP contribution in [0.15, 0.2) is 30.3 Å². The summed E-state index contributed by atoms with van der Waals surface area (Å²) in [4.78, 5) is 30.7. The number of aromatic nitrogens is 3. The number of carbonyl (C=O) groups excluding carboxylic acids is 2. The highest BCUT2D eigenvalue weighted by Crippen LogP contribution is 2.30. The molecule has 0 radical (unpaired) electrons. The number of piperidine rings is 1. The topological polar surface area (TPSA) is 91.0 Å². The van der Waals surface area contributed by atoms with Gasteiger partial charge in [0.25, 0.3) is 5.91 Å². The quantitative estimate of drug-likeness (QED) is 0.690. The molecule has 8 heteroatoms. The molecular formula is C18H19N5O2S. The van der Waals surface area contributed by atoms with Crippen LogP contribution in [-0.4, -0.2) is 46.0 Å². The maximum atomic E-state index is 12.4. The molecule has 2 N–H and O–H groups in total. The van der Waals surface area contributed by atoms with Crippen LogP contribution in [0.1, 0.15) is 40.7 Å². The van der Waals surface area contributed by atoms with Gasteiger partial charge in [0.15, 0.2) is 10.9 Å². The third kappa shape index (κ3) is 3.32. The summed E-state index contributed by atoms with van der Waals surface area (Å²) in [5.41, 5.74) is 1.59. The molecule has 0 spiro atoms. The van der Waals surface area contributed by atoms with Gasteiger partial charge in [0.1, 0.15) is 11.4 Å². The number of nitrogens with zero attached hydrogens (tertiary/aromatic N) is 3. The summed E-state index contributed by atoms with van der Waals surface area (Å²) in [5.74, 6) is -0.402. The summed E-state index contributed by atoms with van der Waals surface area (Å²) in [6.45, 7) is 3.08. The number of nitrogens with one attached hydrogen (secondary N) is 2. The summed E-state index contributed by atoms with van der Waals surface area (Å²) in [5, 5.41) is 10.5. The molecular weight excluding hydrogens is 350 g/mol. The van der Waals surface area contributed by atoms with E-state index in [2.05, 4.69) is 26.5 Å². The molecule has 26 heavy (non-hydrogen) atoms. The van der Waals surface area contributed by atoms with Crippen molar-refractivity contribution in [2.24, 2.45) is 0 Å². The zero-order chi connectivity index (χ0) is 18.1. The Labute approximate surface area is 154 Å². The first-order valence-corrected chi connectivity index (χ1v) is 9.39. The minimum atomic E-state index is -0.235. The van der Waals surface area contributed by atoms with Crippen molar-refractivity contribution in [3.8, 4) is 0 Å². The first-order chi connectivity index (χ1) is 12.6. The number of amides is 1. The van der Waals surface area contributed by atoms with E-state index in [9.17, 15) is 9.59 Å². The Morgan fingerprint density at radius 1 is 1.35 bits per heavy atom. The SMILES string of the molecule is CC(=O)c1cc(C(=O)N[C@H]2CCCN(c3nc4ccccc4s3)C2)[nH]n1. The molecule has 1 aliphatic rings. The maximum Gasteiger partial charge on any atom is 0.269 e. The lowest BCUT2D eigenvalue weighted by atomic mass is 10.1. The second-order valence-electron chi connectivity index (χ2n) is 6.45. The number of para-hydroxylation sites is 1. The van der Waals surface area contributed by atoms with Crippen molar-refractivity contribution in [3.05, 3.63) is 41.7 Å². The van der Waals surface area contributed by atoms with Crippen LogP contribution < -0.4 is 10.2 Å². The van der Waals surface area contributed by atoms with Crippen LogP contribution in [0.4, 0.5) is 5.13 Å². The standard InChI is InChI=1S/C18H19N5O2S/c1-11(24)14-9-15(22-21-14)17(25)19-12-5-4-8-23(10-12)18-20-13-6-2-3-7-16(13)26-18/h2-3,6-7,9,12H,4-5,8,10H2,1H3,(H,19,25)(H,21,22)/t12-/m0/s1. The molecule has 0 bridgehead atoms. The van der Waals surface area contributed by atoms with E-state index in [0.29, 0.717) is 5.69 Å². The number of carbonyl (C=O) groups is 2. The molecule has 4 rings (SSSR count). The Morgan fingerprint density at radius 2 is 2.19 bits per heavy atom. The van der Waals surface area contributed by atoms with Crippen molar-refractivity contribution in [2.75, 3.05) is 18.0 Å². The minimum absolute atomic E-state index is 0.0346. The average molecular weight is 369 g/mol. The van der Waals surface area contributed by atoms with Gasteiger partial charge in [-0.3, -0.25) is 14.7 Å². The first-order valence-electron chi connectivity index (χ1n) is 8.58. The normalized spacial score (nSPS) is 17.4. The second-order valence-corrected chi connectivity index (χ2v) is 7.45. The number of Topliss-reactive ketones (excluding diaryl/α,β-unsaturated/α-hetero) is 1. The van der Waals surface area contributed by atoms with Crippen LogP contribution in [0.3, 0.4) is 0 Å². The zero-order valence-electron chi connectivity index (χ0n) is 14.4. The molecule has 0 aliphatic carbocycles. The summed E-state index contributed by atoms with van der Waals surface area (Å²) < 4.78 is 1.17. The Hall–Kier alpha value is -2.74. The van der Waals surface area contributed by atoms with E-state index in [4.69, 9.17) is 4.98 Å². The molecule has 1 fully saturated rings. The van der Waals surface area contributed by atoms with Crippen molar-refractivity contribution in [1.82, 2.24) is 20.5 Å². The molecule has 0 unspecified atom stereocenters. The average Bonchev–Trinajstić information content (AvgIpc) is 3.29. The van der Waals surface area contributed by atoms with Crippen molar-refractivity contribution < 1.29 is 9.59 Å². The molecule has 1 atom stereocenters. The number of hydrogen-bond donors (Lipinski definition) is 2. The third-order valence-corrected chi connectivity index (χ3v) is 5.59. The van der Waals surface area contributed by atoms with E-state index in [-0.39, 0.29) is 23.4 Å². The van der Waals surface area contributed by atoms with Crippen molar-refractivity contribution >= 4 is 38.4 Å². The number of thiazole rings is 1. The number of hydrogen-bond acceptors (Lipinski definition) is 6. The maximum absolute atomic E-state index is 12.4. The van der Waals surface area contributed by atoms with Gasteiger partial charge in [-0.05, 0) is 31.0 Å². The highest BCUT2D eigenvalue weighted by Gasteiger charge is 2.24. The van der Waals surface area contributed by atoms with Gasteiger partial charge in [-0.1, -0.05) is 23.5 Å². The van der Waals surface area contributed by atoms with Crippen LogP contribution in [0, 0.1) is 0 Å². The molecule has 2 aromatic heterocycles. The van der Waals surface area contributed by atoms with Gasteiger partial charge in [0, 0.05) is 26.1 Å². The summed E-state index contributed by atoms with van der Waals surface area (Å²) in [6.07, 6.45) is 1.91. The molecule has 3 aromatic rings. The second kappa shape index (κ2) is 6.87. The molecule has 1 saturated heterocycles. The number of fused-ring (bicyclic) bond motifs is 1. The molecule has 1 amide bonds. The monoisotopic (exact) mass is 369 g/mol. The summed E-state index contributed by atoms with van der Waals surface area (Å²) in [7, 11) is 0. The van der Waals surface area contributed by atoms with E-state index in [1.807, 2.05) is 18.2 Å². The van der Waals surface area contributed by atoms with Crippen LogP contribution in [0.25, 0.3) is 10.2 Å². The van der Waals surface area contributed by atoms with Crippen LogP contribution in [-0.2, 0) is 0 Å². The fraction of sp³-hybridized carbons (Fsp3) is 0.333. The van der Waals surface area contributed by atoms with Gasteiger partial charge < -0.3 is 10.2 Å². The predicted octanol–water partition coefficient (Wildman–Crippen LogP) is 2.62. The highest BCUT2D eigenvalue weighted by atomic mass is 32.1. The Kier molecular flexibility index (Phi) is 4.42. The van der Waals surface area contributed by atoms with Crippen LogP contribution in [0.2, 0.25) is 0 Å². The largest absolute Gasteiger partial charge is 0.346 e. The van der Waals surface area contributed by atoms with E-state index in [1.165, 1.54) is 17.7 Å². The first kappa shape index (κ1) is 16.7. The molecule has 134 valence electrons. The van der Waals surface area contributed by atoms with E-state index >= 15 is 0 Å². The minimum Gasteiger partial charge on any atom is -0.346 e. The number of anilines is 1. The van der Waals surface area contributed by atoms with Gasteiger partial charge >= 0.3 is 0 Å². The lowest BCUT2D eigenvalue weighted by Gasteiger charge is -2.32. The Morgan fingerprint density at radius 3 is 2.96 bits per heavy atom. The number of H-pyrrole nitrogens is 1. The highest BCUT2D eigenvalue weighted by molar-refractivity contribution is 7.22. The van der Waals surface area contributed by atoms with Crippen LogP contribution in [0.5, 0.6) is 0 Å². The lowest BCUT2D eigenvalue weighted by molar-refractivity contribution is 0.0927. The van der Waals surface area contributed by atoms with Gasteiger partial charge in [-0.15, -0.1) is 0 Å². The zero-order valence-corrected chi connectivity index (χ0v) is 15.2. The summed E-state index contributed by atoms with van der Waals surface area (Å²) in [6, 6.07) is 9.63. The number of aromatic amines is 1. The molecule has 0 saturated carbocycles. The number of rotatable bonds is 4. The smallest absolute Gasteiger partial charge is 0.269 e. The van der Waals surface area contributed by atoms with Crippen molar-refractivity contribution in [2.45, 2.75) is 25.8 Å². The Balaban J connectivity index is 1.44. The van der Waals surface area contributed by atoms with Crippen molar-refractivity contribution in [1.29, 1.82) is 0 Å². The predicted molar refractivity (Wildman–Crippen MR) is 101 cm³/mol. The third-order valence-electron chi connectivity index (χ3n) is 4.49. The number of benzene rings is 1. The van der Waals surface area contributed by atoms with E-state index in [1.54, 1.807) is 11.3 Å². The van der Waals surface area contributed by atoms with Crippen molar-refractivity contribution in [3.63, 3.8) is 0 Å². The molecule has 1 aliphatic heterocycles. The Bertz CT molecular complexity index is 930. The van der Waals surface area contributed by atoms with Gasteiger partial charge in [0.05, 0.1) is 10.2 Å². The van der Waals surface area contributed by atoms with E-state index in [0.717, 1.165) is 36.6 Å². The van der Waals surface area contributed by atoms with Gasteiger partial charge in [0.2, 0.25) is 0 Å². The fourth-order valence-electron chi connectivity index (χ4n) is 3.15. The van der Waals surface area contributed by atoms with Gasteiger partial charge in [-0.25, -0.2) is 4.98 Å². The molecule has 1 aromatic carbocycles. The fourth-order valence-corrected chi connectivity index (χ4v) is 4.15. The van der Waals surface area contributed by atoms with Crippen LogP contribution >= 0.6 is 11.3 Å². The lowest BCUT2D eigenvalue weighted by Crippen LogP contribution is -2.47. The summed E-state index contributed by atoms with van der Waals surface area (Å²) >= 11 is 1.68.